The predicted octanol–water partition coefficient (Wildman–Crippen LogP) is 4.11. The van der Waals surface area contributed by atoms with E-state index in [2.05, 4.69) is 53.2 Å². The molecule has 1 N–H and O–H groups in total. The molecule has 0 saturated carbocycles. The molecule has 0 unspecified atom stereocenters. The van der Waals surface area contributed by atoms with Gasteiger partial charge < -0.3 is 14.7 Å². The first-order chi connectivity index (χ1) is 14.9. The van der Waals surface area contributed by atoms with E-state index < -0.39 is 0 Å². The summed E-state index contributed by atoms with van der Waals surface area (Å²) in [5.41, 5.74) is 6.52. The highest BCUT2D eigenvalue weighted by Gasteiger charge is 2.22. The van der Waals surface area contributed by atoms with Crippen LogP contribution in [0.3, 0.4) is 0 Å². The lowest BCUT2D eigenvalue weighted by Crippen LogP contribution is -2.35. The Morgan fingerprint density at radius 1 is 0.968 bits per heavy atom. The number of anilines is 2. The number of carbonyl (C=O) groups is 1. The Kier molecular flexibility index (Phi) is 5.98. The molecule has 2 aromatic carbocycles. The second-order valence-electron chi connectivity index (χ2n) is 8.52. The number of hydrogen-bond donors (Lipinski definition) is 1. The van der Waals surface area contributed by atoms with Crippen LogP contribution in [0.4, 0.5) is 11.5 Å². The van der Waals surface area contributed by atoms with Crippen molar-refractivity contribution in [3.63, 3.8) is 0 Å². The fourth-order valence-corrected chi connectivity index (χ4v) is 3.98. The Bertz CT molecular complexity index is 1070. The van der Waals surface area contributed by atoms with Crippen LogP contribution in [0.2, 0.25) is 0 Å². The van der Waals surface area contributed by atoms with Crippen molar-refractivity contribution in [3.8, 4) is 11.3 Å². The smallest absolute Gasteiger partial charge is 0.253 e. The molecular weight excluding hydrogens is 386 g/mol. The Morgan fingerprint density at radius 3 is 2.58 bits per heavy atom. The molecule has 162 valence electrons. The van der Waals surface area contributed by atoms with Crippen molar-refractivity contribution in [1.82, 2.24) is 15.1 Å². The number of nitrogens with zero attached hydrogens (tertiary/aromatic N) is 4. The maximum Gasteiger partial charge on any atom is 0.253 e. The number of amides is 1. The summed E-state index contributed by atoms with van der Waals surface area (Å²) < 4.78 is 0. The van der Waals surface area contributed by atoms with Crippen LogP contribution in [-0.2, 0) is 0 Å². The number of hydrogen-bond acceptors (Lipinski definition) is 4. The molecule has 0 bridgehead atoms. The highest BCUT2D eigenvalue weighted by atomic mass is 16.2. The van der Waals surface area contributed by atoms with Gasteiger partial charge in [0.1, 0.15) is 0 Å². The monoisotopic (exact) mass is 417 g/mol. The third kappa shape index (κ3) is 4.58. The summed E-state index contributed by atoms with van der Waals surface area (Å²) >= 11 is 0. The van der Waals surface area contributed by atoms with Crippen LogP contribution < -0.4 is 9.80 Å². The minimum absolute atomic E-state index is 0.100. The van der Waals surface area contributed by atoms with Gasteiger partial charge in [0.2, 0.25) is 0 Å². The summed E-state index contributed by atoms with van der Waals surface area (Å²) in [6.07, 6.45) is 0.922. The fourth-order valence-electron chi connectivity index (χ4n) is 3.98. The van der Waals surface area contributed by atoms with Crippen molar-refractivity contribution in [2.24, 2.45) is 0 Å². The maximum atomic E-state index is 13.1. The SMILES string of the molecule is Cc1ccc(-c2cc(N3CCCN(C(=O)c4cccc(N(C)C)c4)CC3)n[nH]2)cc1C. The third-order valence-corrected chi connectivity index (χ3v) is 6.10. The summed E-state index contributed by atoms with van der Waals surface area (Å²) in [4.78, 5) is 19.3. The maximum absolute atomic E-state index is 13.1. The third-order valence-electron chi connectivity index (χ3n) is 6.10. The van der Waals surface area contributed by atoms with Crippen molar-refractivity contribution in [3.05, 3.63) is 65.2 Å². The van der Waals surface area contributed by atoms with Gasteiger partial charge in [-0.1, -0.05) is 18.2 Å². The van der Waals surface area contributed by atoms with E-state index in [9.17, 15) is 4.79 Å². The van der Waals surface area contributed by atoms with Crippen LogP contribution in [0.1, 0.15) is 27.9 Å². The lowest BCUT2D eigenvalue weighted by Gasteiger charge is -2.22. The van der Waals surface area contributed by atoms with E-state index in [-0.39, 0.29) is 5.91 Å². The molecule has 0 aliphatic carbocycles. The molecule has 0 spiro atoms. The Morgan fingerprint density at radius 2 is 1.81 bits per heavy atom. The van der Waals surface area contributed by atoms with E-state index in [1.807, 2.05) is 48.2 Å². The summed E-state index contributed by atoms with van der Waals surface area (Å²) in [6.45, 7) is 7.37. The molecule has 1 aliphatic rings. The lowest BCUT2D eigenvalue weighted by molar-refractivity contribution is 0.0767. The van der Waals surface area contributed by atoms with Gasteiger partial charge in [0.15, 0.2) is 5.82 Å². The number of rotatable bonds is 4. The van der Waals surface area contributed by atoms with E-state index in [0.29, 0.717) is 6.54 Å². The average Bonchev–Trinajstić information content (AvgIpc) is 3.13. The van der Waals surface area contributed by atoms with Gasteiger partial charge in [-0.15, -0.1) is 0 Å². The molecule has 4 rings (SSSR count). The minimum atomic E-state index is 0.100. The first-order valence-electron chi connectivity index (χ1n) is 10.9. The van der Waals surface area contributed by atoms with Crippen LogP contribution >= 0.6 is 0 Å². The molecule has 0 atom stereocenters. The topological polar surface area (TPSA) is 55.5 Å². The number of aromatic nitrogens is 2. The molecule has 1 fully saturated rings. The first-order valence-corrected chi connectivity index (χ1v) is 10.9. The minimum Gasteiger partial charge on any atom is -0.378 e. The molecule has 1 aliphatic heterocycles. The normalized spacial score (nSPS) is 14.5. The number of aromatic amines is 1. The van der Waals surface area contributed by atoms with Crippen LogP contribution in [0, 0.1) is 13.8 Å². The number of carbonyl (C=O) groups excluding carboxylic acids is 1. The van der Waals surface area contributed by atoms with Crippen LogP contribution in [0.15, 0.2) is 48.5 Å². The van der Waals surface area contributed by atoms with E-state index in [4.69, 9.17) is 0 Å². The highest BCUT2D eigenvalue weighted by Crippen LogP contribution is 2.25. The molecular formula is C25H31N5O. The van der Waals surface area contributed by atoms with Crippen molar-refractivity contribution in [2.45, 2.75) is 20.3 Å². The zero-order chi connectivity index (χ0) is 22.0. The van der Waals surface area contributed by atoms with Gasteiger partial charge in [0, 0.05) is 57.6 Å². The van der Waals surface area contributed by atoms with Crippen molar-refractivity contribution in [1.29, 1.82) is 0 Å². The van der Waals surface area contributed by atoms with Gasteiger partial charge in [0.05, 0.1) is 5.69 Å². The molecule has 1 saturated heterocycles. The number of H-pyrrole nitrogens is 1. The van der Waals surface area contributed by atoms with E-state index in [1.165, 1.54) is 11.1 Å². The van der Waals surface area contributed by atoms with Crippen molar-refractivity contribution < 1.29 is 4.79 Å². The zero-order valence-corrected chi connectivity index (χ0v) is 18.9. The molecule has 3 aromatic rings. The molecule has 2 heterocycles. The largest absolute Gasteiger partial charge is 0.378 e. The van der Waals surface area contributed by atoms with Crippen molar-refractivity contribution >= 4 is 17.4 Å². The van der Waals surface area contributed by atoms with Gasteiger partial charge in [0.25, 0.3) is 5.91 Å². The van der Waals surface area contributed by atoms with Crippen molar-refractivity contribution in [2.75, 3.05) is 50.1 Å². The van der Waals surface area contributed by atoms with Gasteiger partial charge in [-0.2, -0.15) is 5.10 Å². The first kappa shape index (κ1) is 21.0. The second kappa shape index (κ2) is 8.84. The number of benzene rings is 2. The summed E-state index contributed by atoms with van der Waals surface area (Å²) in [7, 11) is 3.98. The standard InChI is InChI=1S/C25H31N5O/c1-18-9-10-20(15-19(18)2)23-17-24(27-26-23)29-11-6-12-30(14-13-29)25(31)21-7-5-8-22(16-21)28(3)4/h5,7-10,15-17H,6,11-14H2,1-4H3,(H,26,27). The molecule has 6 heteroatoms. The molecule has 1 aromatic heterocycles. The molecule has 0 radical (unpaired) electrons. The van der Waals surface area contributed by atoms with Gasteiger partial charge in [-0.3, -0.25) is 9.89 Å². The lowest BCUT2D eigenvalue weighted by atomic mass is 10.0. The summed E-state index contributed by atoms with van der Waals surface area (Å²) in [5.74, 6) is 1.04. The van der Waals surface area contributed by atoms with Gasteiger partial charge in [-0.05, 0) is 61.2 Å². The zero-order valence-electron chi connectivity index (χ0n) is 18.9. The van der Waals surface area contributed by atoms with E-state index >= 15 is 0 Å². The van der Waals surface area contributed by atoms with Crippen LogP contribution in [0.5, 0.6) is 0 Å². The van der Waals surface area contributed by atoms with Crippen LogP contribution in [0.25, 0.3) is 11.3 Å². The second-order valence-corrected chi connectivity index (χ2v) is 8.52. The molecule has 6 nitrogen and oxygen atoms in total. The number of nitrogens with one attached hydrogen (secondary N) is 1. The van der Waals surface area contributed by atoms with E-state index in [0.717, 1.165) is 54.4 Å². The Labute approximate surface area is 184 Å². The quantitative estimate of drug-likeness (QED) is 0.694. The molecule has 1 amide bonds. The fraction of sp³-hybridized carbons (Fsp3) is 0.360. The van der Waals surface area contributed by atoms with Gasteiger partial charge in [-0.25, -0.2) is 0 Å². The Hall–Kier alpha value is -3.28. The highest BCUT2D eigenvalue weighted by molar-refractivity contribution is 5.95. The average molecular weight is 418 g/mol. The summed E-state index contributed by atoms with van der Waals surface area (Å²) in [5, 5.41) is 7.75. The van der Waals surface area contributed by atoms with Crippen LogP contribution in [-0.4, -0.2) is 61.3 Å². The summed E-state index contributed by atoms with van der Waals surface area (Å²) in [6, 6.07) is 16.4. The van der Waals surface area contributed by atoms with Gasteiger partial charge >= 0.3 is 0 Å². The Balaban J connectivity index is 1.45. The molecule has 31 heavy (non-hydrogen) atoms. The predicted molar refractivity (Wildman–Crippen MR) is 127 cm³/mol. The number of aryl methyl sites for hydroxylation is 2. The van der Waals surface area contributed by atoms with E-state index in [1.54, 1.807) is 0 Å².